The third-order valence-corrected chi connectivity index (χ3v) is 4.63. The molecule has 1 unspecified atom stereocenters. The molecule has 0 N–H and O–H groups in total. The molecule has 1 aliphatic rings. The Labute approximate surface area is 133 Å². The topological polar surface area (TPSA) is 63.7 Å². The summed E-state index contributed by atoms with van der Waals surface area (Å²) in [5.41, 5.74) is 0. The van der Waals surface area contributed by atoms with Crippen molar-refractivity contribution in [2.75, 3.05) is 25.4 Å². The fourth-order valence-corrected chi connectivity index (χ4v) is 3.76. The highest BCUT2D eigenvalue weighted by atomic mass is 35.7. The van der Waals surface area contributed by atoms with E-state index in [0.717, 1.165) is 0 Å². The van der Waals surface area contributed by atoms with Gasteiger partial charge in [-0.05, 0) is 30.7 Å². The maximum Gasteiger partial charge on any atom is 0.232 e. The number of carbonyl (C=O) groups excluding carboxylic acids is 1. The minimum absolute atomic E-state index is 0.0629. The number of ether oxygens (including phenoxy) is 1. The van der Waals surface area contributed by atoms with Gasteiger partial charge >= 0.3 is 0 Å². The highest BCUT2D eigenvalue weighted by molar-refractivity contribution is 8.13. The van der Waals surface area contributed by atoms with E-state index in [9.17, 15) is 17.6 Å². The fourth-order valence-electron chi connectivity index (χ4n) is 2.44. The molecule has 1 fully saturated rings. The van der Waals surface area contributed by atoms with Gasteiger partial charge in [-0.3, -0.25) is 4.79 Å². The average Bonchev–Trinajstić information content (AvgIpc) is 2.74. The summed E-state index contributed by atoms with van der Waals surface area (Å²) in [5, 5.41) is 0. The molecule has 1 atom stereocenters. The van der Waals surface area contributed by atoms with Crippen molar-refractivity contribution in [3.05, 3.63) is 30.1 Å². The summed E-state index contributed by atoms with van der Waals surface area (Å²) >= 11 is 0. The number of halogens is 2. The van der Waals surface area contributed by atoms with Gasteiger partial charge in [-0.2, -0.15) is 0 Å². The molecule has 0 aromatic heterocycles. The molecule has 2 rings (SSSR count). The maximum absolute atomic E-state index is 12.7. The van der Waals surface area contributed by atoms with Crippen molar-refractivity contribution >= 4 is 25.6 Å². The molecule has 122 valence electrons. The van der Waals surface area contributed by atoms with Crippen LogP contribution in [0.5, 0.6) is 5.75 Å². The van der Waals surface area contributed by atoms with E-state index in [1.165, 1.54) is 24.3 Å². The van der Waals surface area contributed by atoms with Gasteiger partial charge in [-0.1, -0.05) is 0 Å². The molecule has 1 aliphatic heterocycles. The van der Waals surface area contributed by atoms with Gasteiger partial charge in [0.25, 0.3) is 0 Å². The molecule has 0 saturated carbocycles. The number of hydrogen-bond acceptors (Lipinski definition) is 4. The number of hydrogen-bond donors (Lipinski definition) is 0. The van der Waals surface area contributed by atoms with E-state index in [0.29, 0.717) is 31.9 Å². The molecule has 8 heteroatoms. The van der Waals surface area contributed by atoms with Gasteiger partial charge in [0.05, 0.1) is 12.4 Å². The third kappa shape index (κ3) is 5.46. The van der Waals surface area contributed by atoms with E-state index in [1.807, 2.05) is 0 Å². The van der Waals surface area contributed by atoms with Gasteiger partial charge in [-0.15, -0.1) is 0 Å². The summed E-state index contributed by atoms with van der Waals surface area (Å²) in [7, 11) is 1.63. The van der Waals surface area contributed by atoms with Gasteiger partial charge < -0.3 is 9.64 Å². The summed E-state index contributed by atoms with van der Waals surface area (Å²) < 4.78 is 40.2. The van der Waals surface area contributed by atoms with E-state index in [-0.39, 0.29) is 29.8 Å². The average molecular weight is 350 g/mol. The van der Waals surface area contributed by atoms with E-state index in [4.69, 9.17) is 15.4 Å². The van der Waals surface area contributed by atoms with E-state index >= 15 is 0 Å². The zero-order chi connectivity index (χ0) is 16.2. The second kappa shape index (κ2) is 7.28. The van der Waals surface area contributed by atoms with E-state index in [2.05, 4.69) is 0 Å². The Morgan fingerprint density at radius 2 is 2.00 bits per heavy atom. The van der Waals surface area contributed by atoms with Gasteiger partial charge in [0, 0.05) is 36.1 Å². The number of amides is 1. The molecular weight excluding hydrogens is 333 g/mol. The molecule has 0 aliphatic carbocycles. The first-order valence-electron chi connectivity index (χ1n) is 6.92. The Bertz CT molecular complexity index is 620. The Kier molecular flexibility index (Phi) is 5.63. The van der Waals surface area contributed by atoms with Crippen molar-refractivity contribution in [1.82, 2.24) is 4.90 Å². The number of likely N-dealkylation sites (tertiary alicyclic amines) is 1. The van der Waals surface area contributed by atoms with Crippen LogP contribution in [0.25, 0.3) is 0 Å². The van der Waals surface area contributed by atoms with Crippen LogP contribution in [-0.4, -0.2) is 44.7 Å². The van der Waals surface area contributed by atoms with E-state index in [1.54, 1.807) is 4.90 Å². The lowest BCUT2D eigenvalue weighted by Crippen LogP contribution is -2.28. The maximum atomic E-state index is 12.7. The van der Waals surface area contributed by atoms with Gasteiger partial charge in [0.1, 0.15) is 11.6 Å². The lowest BCUT2D eigenvalue weighted by Gasteiger charge is -2.16. The lowest BCUT2D eigenvalue weighted by molar-refractivity contribution is -0.127. The van der Waals surface area contributed by atoms with Gasteiger partial charge in [0.2, 0.25) is 15.0 Å². The summed E-state index contributed by atoms with van der Waals surface area (Å²) in [6.07, 6.45) is 0.828. The van der Waals surface area contributed by atoms with Crippen molar-refractivity contribution in [3.63, 3.8) is 0 Å². The van der Waals surface area contributed by atoms with Gasteiger partial charge in [-0.25, -0.2) is 12.8 Å². The lowest BCUT2D eigenvalue weighted by atomic mass is 10.1. The first-order valence-corrected chi connectivity index (χ1v) is 9.40. The molecule has 1 aromatic rings. The number of nitrogens with zero attached hydrogens (tertiary/aromatic N) is 1. The minimum Gasteiger partial charge on any atom is -0.494 e. The highest BCUT2D eigenvalue weighted by Crippen LogP contribution is 2.21. The Balaban J connectivity index is 1.71. The standard InChI is InChI=1S/C14H17ClFNO4S/c15-22(19,20)10-11-8-14(18)17(9-11)6-1-7-21-13-4-2-12(16)3-5-13/h2-5,11H,1,6-10H2. The molecule has 0 spiro atoms. The summed E-state index contributed by atoms with van der Waals surface area (Å²) in [6.45, 7) is 1.30. The molecule has 22 heavy (non-hydrogen) atoms. The third-order valence-electron chi connectivity index (χ3n) is 3.38. The van der Waals surface area contributed by atoms with Crippen LogP contribution in [0.4, 0.5) is 4.39 Å². The zero-order valence-electron chi connectivity index (χ0n) is 11.9. The van der Waals surface area contributed by atoms with Crippen LogP contribution in [0.2, 0.25) is 0 Å². The Hall–Kier alpha value is -1.34. The van der Waals surface area contributed by atoms with Crippen LogP contribution in [-0.2, 0) is 13.8 Å². The van der Waals surface area contributed by atoms with Crippen molar-refractivity contribution in [2.24, 2.45) is 5.92 Å². The summed E-state index contributed by atoms with van der Waals surface area (Å²) in [6, 6.07) is 5.71. The molecule has 1 aromatic carbocycles. The van der Waals surface area contributed by atoms with Crippen LogP contribution in [0.3, 0.4) is 0 Å². The second-order valence-corrected chi connectivity index (χ2v) is 8.09. The predicted octanol–water partition coefficient (Wildman–Crippen LogP) is 2.01. The zero-order valence-corrected chi connectivity index (χ0v) is 13.4. The summed E-state index contributed by atoms with van der Waals surface area (Å²) in [5.74, 6) is -0.237. The largest absolute Gasteiger partial charge is 0.494 e. The highest BCUT2D eigenvalue weighted by Gasteiger charge is 2.31. The first kappa shape index (κ1) is 17.0. The molecule has 1 heterocycles. The van der Waals surface area contributed by atoms with Crippen LogP contribution >= 0.6 is 10.7 Å². The molecule has 1 amide bonds. The van der Waals surface area contributed by atoms with Crippen LogP contribution in [0, 0.1) is 11.7 Å². The summed E-state index contributed by atoms with van der Waals surface area (Å²) in [4.78, 5) is 13.4. The first-order chi connectivity index (χ1) is 10.3. The molecule has 5 nitrogen and oxygen atoms in total. The molecule has 0 bridgehead atoms. The van der Waals surface area contributed by atoms with Crippen molar-refractivity contribution < 1.29 is 22.3 Å². The van der Waals surface area contributed by atoms with Crippen LogP contribution in [0.15, 0.2) is 24.3 Å². The quantitative estimate of drug-likeness (QED) is 0.558. The number of rotatable bonds is 7. The fraction of sp³-hybridized carbons (Fsp3) is 0.500. The smallest absolute Gasteiger partial charge is 0.232 e. The minimum atomic E-state index is -3.58. The van der Waals surface area contributed by atoms with E-state index < -0.39 is 9.05 Å². The predicted molar refractivity (Wildman–Crippen MR) is 80.8 cm³/mol. The second-order valence-electron chi connectivity index (χ2n) is 5.27. The Morgan fingerprint density at radius 1 is 1.32 bits per heavy atom. The normalized spacial score (nSPS) is 18.7. The van der Waals surface area contributed by atoms with Crippen molar-refractivity contribution in [3.8, 4) is 5.75 Å². The Morgan fingerprint density at radius 3 is 2.64 bits per heavy atom. The number of carbonyl (C=O) groups is 1. The SMILES string of the molecule is O=C1CC(CS(=O)(=O)Cl)CN1CCCOc1ccc(F)cc1. The molecule has 0 radical (unpaired) electrons. The monoisotopic (exact) mass is 349 g/mol. The van der Waals surface area contributed by atoms with Crippen LogP contribution < -0.4 is 4.74 Å². The number of benzene rings is 1. The van der Waals surface area contributed by atoms with Crippen molar-refractivity contribution in [1.29, 1.82) is 0 Å². The van der Waals surface area contributed by atoms with Crippen molar-refractivity contribution in [2.45, 2.75) is 12.8 Å². The molecule has 1 saturated heterocycles. The molecular formula is C14H17ClFNO4S. The van der Waals surface area contributed by atoms with Crippen LogP contribution in [0.1, 0.15) is 12.8 Å². The van der Waals surface area contributed by atoms with Gasteiger partial charge in [0.15, 0.2) is 0 Å².